The summed E-state index contributed by atoms with van der Waals surface area (Å²) in [7, 11) is 0. The molecule has 1 aromatic carbocycles. The average Bonchev–Trinajstić information content (AvgIpc) is 2.96. The fourth-order valence-electron chi connectivity index (χ4n) is 1.77. The van der Waals surface area contributed by atoms with Crippen molar-refractivity contribution in [1.82, 2.24) is 15.2 Å². The third-order valence-corrected chi connectivity index (χ3v) is 2.82. The predicted octanol–water partition coefficient (Wildman–Crippen LogP) is 1.53. The van der Waals surface area contributed by atoms with Gasteiger partial charge in [-0.25, -0.2) is 5.43 Å². The quantitative estimate of drug-likeness (QED) is 0.476. The van der Waals surface area contributed by atoms with Gasteiger partial charge >= 0.3 is 5.69 Å². The summed E-state index contributed by atoms with van der Waals surface area (Å²) in [6.45, 7) is -0.121. The Hall–Kier alpha value is -3.03. The summed E-state index contributed by atoms with van der Waals surface area (Å²) >= 11 is 0. The zero-order valence-corrected chi connectivity index (χ0v) is 11.8. The molecule has 0 fully saturated rings. The Balaban J connectivity index is 1.70. The van der Waals surface area contributed by atoms with E-state index in [0.717, 1.165) is 12.6 Å². The van der Waals surface area contributed by atoms with E-state index in [1.807, 2.05) is 30.3 Å². The van der Waals surface area contributed by atoms with Crippen LogP contribution in [0.5, 0.6) is 0 Å². The van der Waals surface area contributed by atoms with Crippen molar-refractivity contribution in [1.29, 1.82) is 0 Å². The van der Waals surface area contributed by atoms with Gasteiger partial charge in [0.15, 0.2) is 0 Å². The number of carbonyl (C=O) groups is 1. The van der Waals surface area contributed by atoms with Gasteiger partial charge in [0.1, 0.15) is 18.9 Å². The number of carbonyl (C=O) groups excluding carboxylic acids is 1. The molecular weight excluding hydrogens is 286 g/mol. The molecule has 0 saturated heterocycles. The molecule has 0 spiro atoms. The van der Waals surface area contributed by atoms with Crippen LogP contribution in [0.2, 0.25) is 0 Å². The van der Waals surface area contributed by atoms with Crippen LogP contribution in [0.25, 0.3) is 0 Å². The van der Waals surface area contributed by atoms with Gasteiger partial charge in [-0.05, 0) is 18.4 Å². The summed E-state index contributed by atoms with van der Waals surface area (Å²) in [6, 6.07) is 9.94. The summed E-state index contributed by atoms with van der Waals surface area (Å²) in [5.41, 5.74) is 3.40. The van der Waals surface area contributed by atoms with Gasteiger partial charge in [0.05, 0.1) is 4.92 Å². The van der Waals surface area contributed by atoms with Crippen LogP contribution in [0.15, 0.2) is 47.8 Å². The van der Waals surface area contributed by atoms with Crippen LogP contribution in [0.4, 0.5) is 5.69 Å². The van der Waals surface area contributed by atoms with Gasteiger partial charge in [0.25, 0.3) is 5.91 Å². The van der Waals surface area contributed by atoms with Crippen LogP contribution < -0.4 is 5.43 Å². The second-order valence-electron chi connectivity index (χ2n) is 4.52. The lowest BCUT2D eigenvalue weighted by Gasteiger charge is -1.99. The maximum Gasteiger partial charge on any atom is 0.307 e. The van der Waals surface area contributed by atoms with Crippen LogP contribution in [0, 0.1) is 10.1 Å². The molecule has 1 heterocycles. The number of nitrogens with one attached hydrogen (secondary N) is 1. The highest BCUT2D eigenvalue weighted by Crippen LogP contribution is 2.07. The molecule has 0 aliphatic rings. The van der Waals surface area contributed by atoms with Crippen molar-refractivity contribution in [2.45, 2.75) is 19.4 Å². The first-order valence-electron chi connectivity index (χ1n) is 6.66. The van der Waals surface area contributed by atoms with Crippen molar-refractivity contribution >= 4 is 17.8 Å². The maximum absolute atomic E-state index is 11.6. The minimum Gasteiger partial charge on any atom is -0.271 e. The molecule has 0 atom stereocenters. The Kier molecular flexibility index (Phi) is 5.36. The largest absolute Gasteiger partial charge is 0.307 e. The first kappa shape index (κ1) is 15.4. The van der Waals surface area contributed by atoms with Gasteiger partial charge in [0, 0.05) is 6.21 Å². The smallest absolute Gasteiger partial charge is 0.271 e. The number of amides is 1. The van der Waals surface area contributed by atoms with Crippen molar-refractivity contribution in [2.24, 2.45) is 5.10 Å². The lowest BCUT2D eigenvalue weighted by molar-refractivity contribution is -0.385. The van der Waals surface area contributed by atoms with E-state index in [0.29, 0.717) is 6.42 Å². The van der Waals surface area contributed by atoms with Crippen molar-refractivity contribution in [3.63, 3.8) is 0 Å². The van der Waals surface area contributed by atoms with Gasteiger partial charge in [-0.2, -0.15) is 10.2 Å². The van der Waals surface area contributed by atoms with Crippen LogP contribution >= 0.6 is 0 Å². The van der Waals surface area contributed by atoms with E-state index < -0.39 is 10.8 Å². The van der Waals surface area contributed by atoms with E-state index in [-0.39, 0.29) is 12.2 Å². The SMILES string of the molecule is O=C(Cn1cc([N+](=O)[O-])cn1)N/N=C/CCc1ccccc1. The summed E-state index contributed by atoms with van der Waals surface area (Å²) in [4.78, 5) is 21.5. The molecule has 8 heteroatoms. The van der Waals surface area contributed by atoms with Crippen molar-refractivity contribution in [3.05, 3.63) is 58.4 Å². The fraction of sp³-hybridized carbons (Fsp3) is 0.214. The molecule has 1 aromatic heterocycles. The number of aromatic nitrogens is 2. The van der Waals surface area contributed by atoms with Crippen molar-refractivity contribution in [2.75, 3.05) is 0 Å². The average molecular weight is 301 g/mol. The minimum absolute atomic E-state index is 0.121. The van der Waals surface area contributed by atoms with E-state index >= 15 is 0 Å². The molecule has 0 radical (unpaired) electrons. The van der Waals surface area contributed by atoms with Crippen LogP contribution in [0.3, 0.4) is 0 Å². The molecule has 0 unspecified atom stereocenters. The normalized spacial score (nSPS) is 10.7. The van der Waals surface area contributed by atoms with E-state index in [9.17, 15) is 14.9 Å². The summed E-state index contributed by atoms with van der Waals surface area (Å²) < 4.78 is 1.19. The molecule has 2 rings (SSSR count). The number of nitro groups is 1. The van der Waals surface area contributed by atoms with Crippen LogP contribution in [0.1, 0.15) is 12.0 Å². The van der Waals surface area contributed by atoms with Crippen LogP contribution in [-0.2, 0) is 17.8 Å². The van der Waals surface area contributed by atoms with Crippen molar-refractivity contribution < 1.29 is 9.72 Å². The molecule has 8 nitrogen and oxygen atoms in total. The molecule has 2 aromatic rings. The molecule has 1 N–H and O–H groups in total. The molecule has 22 heavy (non-hydrogen) atoms. The van der Waals surface area contributed by atoms with Gasteiger partial charge in [-0.1, -0.05) is 30.3 Å². The second-order valence-corrected chi connectivity index (χ2v) is 4.52. The molecule has 114 valence electrons. The number of hydrazone groups is 1. The maximum atomic E-state index is 11.6. The summed E-state index contributed by atoms with van der Waals surface area (Å²) in [6.07, 6.45) is 5.45. The van der Waals surface area contributed by atoms with E-state index in [1.165, 1.54) is 16.4 Å². The minimum atomic E-state index is -0.566. The molecule has 0 aliphatic heterocycles. The molecule has 1 amide bonds. The first-order valence-corrected chi connectivity index (χ1v) is 6.66. The fourth-order valence-corrected chi connectivity index (χ4v) is 1.77. The molecule has 0 bridgehead atoms. The van der Waals surface area contributed by atoms with E-state index in [4.69, 9.17) is 0 Å². The van der Waals surface area contributed by atoms with Crippen LogP contribution in [-0.4, -0.2) is 26.8 Å². The Morgan fingerprint density at radius 1 is 1.41 bits per heavy atom. The number of hydrogen-bond acceptors (Lipinski definition) is 5. The highest BCUT2D eigenvalue weighted by atomic mass is 16.6. The lowest BCUT2D eigenvalue weighted by atomic mass is 10.1. The monoisotopic (exact) mass is 301 g/mol. The lowest BCUT2D eigenvalue weighted by Crippen LogP contribution is -2.23. The molecular formula is C14H15N5O3. The zero-order valence-electron chi connectivity index (χ0n) is 11.8. The Labute approximate surface area is 126 Å². The number of benzene rings is 1. The Morgan fingerprint density at radius 3 is 2.86 bits per heavy atom. The number of rotatable bonds is 7. The van der Waals surface area contributed by atoms with Gasteiger partial charge in [-0.3, -0.25) is 19.6 Å². The van der Waals surface area contributed by atoms with Gasteiger partial charge < -0.3 is 0 Å². The first-order chi connectivity index (χ1) is 10.6. The third-order valence-electron chi connectivity index (χ3n) is 2.82. The Bertz CT molecular complexity index is 666. The van der Waals surface area contributed by atoms with E-state index in [2.05, 4.69) is 15.6 Å². The standard InChI is InChI=1S/C14H15N5O3/c20-14(11-18-10-13(9-16-18)19(21)22)17-15-8-4-7-12-5-2-1-3-6-12/h1-3,5-6,8-10H,4,7,11H2,(H,17,20)/b15-8+. The second kappa shape index (κ2) is 7.67. The summed E-state index contributed by atoms with van der Waals surface area (Å²) in [5, 5.41) is 18.0. The van der Waals surface area contributed by atoms with Crippen molar-refractivity contribution in [3.8, 4) is 0 Å². The van der Waals surface area contributed by atoms with Gasteiger partial charge in [-0.15, -0.1) is 0 Å². The number of nitrogens with zero attached hydrogens (tertiary/aromatic N) is 4. The molecule has 0 aliphatic carbocycles. The third kappa shape index (κ3) is 4.82. The number of hydrogen-bond donors (Lipinski definition) is 1. The molecule has 0 saturated carbocycles. The van der Waals surface area contributed by atoms with E-state index in [1.54, 1.807) is 6.21 Å². The Morgan fingerprint density at radius 2 is 2.18 bits per heavy atom. The highest BCUT2D eigenvalue weighted by molar-refractivity contribution is 5.76. The predicted molar refractivity (Wildman–Crippen MR) is 80.3 cm³/mol. The topological polar surface area (TPSA) is 102 Å². The highest BCUT2D eigenvalue weighted by Gasteiger charge is 2.10. The van der Waals surface area contributed by atoms with Gasteiger partial charge in [0.2, 0.25) is 0 Å². The zero-order chi connectivity index (χ0) is 15.8. The summed E-state index contributed by atoms with van der Waals surface area (Å²) in [5.74, 6) is -0.394. The number of aryl methyl sites for hydroxylation is 1.